The second kappa shape index (κ2) is 13.1. The number of hydrogen-bond acceptors (Lipinski definition) is 11. The second-order valence-corrected chi connectivity index (χ2v) is 13.8. The molecule has 0 aliphatic carbocycles. The fraction of sp³-hybridized carbons (Fsp3) is 0.303. The molecule has 0 radical (unpaired) electrons. The Balaban J connectivity index is 1.56. The lowest BCUT2D eigenvalue weighted by molar-refractivity contribution is 0.109. The normalized spacial score (nSPS) is 18.4. The molecule has 16 heteroatoms. The SMILES string of the molecule is C[C@@H](Nc1nc(OC[C@]2(C)CN(C)CC/C2=C\F)nc2c(F)c(-c3ccc(F)c4sc(N)c(CN)c34)c(Cl)c(O)c12)c1cc(F)cnc1N. The Labute approximate surface area is 287 Å². The molecule has 2 atom stereocenters. The lowest BCUT2D eigenvalue weighted by atomic mass is 9.78. The largest absolute Gasteiger partial charge is 0.506 e. The van der Waals surface area contributed by atoms with Crippen molar-refractivity contribution >= 4 is 60.6 Å². The Kier molecular flexibility index (Phi) is 9.21. The Morgan fingerprint density at radius 1 is 1.22 bits per heavy atom. The third kappa shape index (κ3) is 6.05. The Bertz CT molecular complexity index is 2150. The molecule has 3 aromatic heterocycles. The summed E-state index contributed by atoms with van der Waals surface area (Å²) in [6, 6.07) is 2.56. The number of ether oxygens (including phenoxy) is 1. The first-order valence-corrected chi connectivity index (χ1v) is 16.4. The van der Waals surface area contributed by atoms with Crippen molar-refractivity contribution in [1.29, 1.82) is 0 Å². The number of aromatic hydroxyl groups is 1. The van der Waals surface area contributed by atoms with Gasteiger partial charge in [0.05, 0.1) is 38.7 Å². The van der Waals surface area contributed by atoms with Gasteiger partial charge < -0.3 is 37.3 Å². The number of thiophene rings is 1. The summed E-state index contributed by atoms with van der Waals surface area (Å²) in [5.41, 5.74) is 18.0. The summed E-state index contributed by atoms with van der Waals surface area (Å²) in [7, 11) is 1.91. The highest BCUT2D eigenvalue weighted by atomic mass is 35.5. The van der Waals surface area contributed by atoms with Crippen LogP contribution in [0.5, 0.6) is 11.8 Å². The molecule has 1 saturated heterocycles. The molecule has 5 aromatic rings. The zero-order valence-corrected chi connectivity index (χ0v) is 28.2. The maximum Gasteiger partial charge on any atom is 0.319 e. The highest BCUT2D eigenvalue weighted by Crippen LogP contribution is 2.49. The highest BCUT2D eigenvalue weighted by Gasteiger charge is 2.36. The molecule has 0 spiro atoms. The maximum atomic E-state index is 17.0. The van der Waals surface area contributed by atoms with Crippen LogP contribution in [0, 0.1) is 22.9 Å². The number of nitrogens with zero attached hydrogens (tertiary/aromatic N) is 4. The molecule has 1 aliphatic rings. The predicted octanol–water partition coefficient (Wildman–Crippen LogP) is 7.05. The third-order valence-corrected chi connectivity index (χ3v) is 10.4. The minimum Gasteiger partial charge on any atom is -0.506 e. The van der Waals surface area contributed by atoms with E-state index in [2.05, 4.69) is 20.3 Å². The van der Waals surface area contributed by atoms with E-state index in [0.29, 0.717) is 37.0 Å². The van der Waals surface area contributed by atoms with Gasteiger partial charge in [-0.3, -0.25) is 0 Å². The summed E-state index contributed by atoms with van der Waals surface area (Å²) in [4.78, 5) is 14.7. The first-order valence-electron chi connectivity index (χ1n) is 15.2. The van der Waals surface area contributed by atoms with Gasteiger partial charge in [0.15, 0.2) is 5.82 Å². The molecule has 2 aromatic carbocycles. The number of piperidine rings is 1. The van der Waals surface area contributed by atoms with Crippen molar-refractivity contribution in [2.24, 2.45) is 11.1 Å². The molecule has 0 saturated carbocycles. The van der Waals surface area contributed by atoms with Gasteiger partial charge in [-0.15, -0.1) is 11.3 Å². The van der Waals surface area contributed by atoms with Crippen molar-refractivity contribution in [2.45, 2.75) is 32.9 Å². The fourth-order valence-electron chi connectivity index (χ4n) is 6.37. The van der Waals surface area contributed by atoms with Crippen LogP contribution >= 0.6 is 22.9 Å². The maximum absolute atomic E-state index is 17.0. The van der Waals surface area contributed by atoms with E-state index in [1.54, 1.807) is 6.92 Å². The molecule has 8 N–H and O–H groups in total. The molecule has 49 heavy (non-hydrogen) atoms. The number of phenols is 1. The van der Waals surface area contributed by atoms with E-state index in [1.807, 2.05) is 18.9 Å². The number of pyridine rings is 1. The van der Waals surface area contributed by atoms with Crippen LogP contribution in [-0.2, 0) is 6.54 Å². The van der Waals surface area contributed by atoms with Crippen molar-refractivity contribution in [1.82, 2.24) is 19.9 Å². The zero-order valence-electron chi connectivity index (χ0n) is 26.7. The van der Waals surface area contributed by atoms with Crippen LogP contribution in [0.15, 0.2) is 36.3 Å². The molecular weight excluding hydrogens is 684 g/mol. The molecule has 258 valence electrons. The van der Waals surface area contributed by atoms with E-state index in [1.165, 1.54) is 12.1 Å². The number of phenolic OH excluding ortho intramolecular Hbond substituents is 1. The molecule has 0 bridgehead atoms. The van der Waals surface area contributed by atoms with E-state index >= 15 is 4.39 Å². The van der Waals surface area contributed by atoms with Crippen molar-refractivity contribution < 1.29 is 27.4 Å². The monoisotopic (exact) mass is 716 g/mol. The van der Waals surface area contributed by atoms with Crippen molar-refractivity contribution in [3.63, 3.8) is 0 Å². The number of halogens is 5. The van der Waals surface area contributed by atoms with Crippen LogP contribution in [0.4, 0.5) is 34.2 Å². The first-order chi connectivity index (χ1) is 23.3. The summed E-state index contributed by atoms with van der Waals surface area (Å²) in [5.74, 6) is -2.92. The lowest BCUT2D eigenvalue weighted by Gasteiger charge is -2.40. The van der Waals surface area contributed by atoms with Crippen LogP contribution in [0.3, 0.4) is 0 Å². The Morgan fingerprint density at radius 3 is 2.69 bits per heavy atom. The van der Waals surface area contributed by atoms with Crippen LogP contribution < -0.4 is 27.3 Å². The summed E-state index contributed by atoms with van der Waals surface area (Å²) in [6.45, 7) is 4.44. The minimum atomic E-state index is -0.985. The van der Waals surface area contributed by atoms with Gasteiger partial charge in [-0.1, -0.05) is 24.6 Å². The predicted molar refractivity (Wildman–Crippen MR) is 185 cm³/mol. The zero-order chi connectivity index (χ0) is 35.4. The number of nitrogens with one attached hydrogen (secondary N) is 1. The summed E-state index contributed by atoms with van der Waals surface area (Å²) < 4.78 is 66.2. The van der Waals surface area contributed by atoms with E-state index in [4.69, 9.17) is 33.5 Å². The summed E-state index contributed by atoms with van der Waals surface area (Å²) in [6.07, 6.45) is 2.02. The van der Waals surface area contributed by atoms with Crippen molar-refractivity contribution in [3.8, 4) is 22.9 Å². The number of benzene rings is 2. The van der Waals surface area contributed by atoms with Gasteiger partial charge in [0.1, 0.15) is 41.1 Å². The summed E-state index contributed by atoms with van der Waals surface area (Å²) >= 11 is 7.66. The quantitative estimate of drug-likeness (QED) is 0.105. The van der Waals surface area contributed by atoms with Crippen LogP contribution in [0.1, 0.15) is 37.4 Å². The molecule has 1 aliphatic heterocycles. The van der Waals surface area contributed by atoms with E-state index in [0.717, 1.165) is 23.6 Å². The van der Waals surface area contributed by atoms with E-state index in [9.17, 15) is 18.3 Å². The Morgan fingerprint density at radius 2 is 1.98 bits per heavy atom. The topological polar surface area (TPSA) is 161 Å². The number of aromatic nitrogens is 3. The average molecular weight is 717 g/mol. The van der Waals surface area contributed by atoms with Gasteiger partial charge in [0.25, 0.3) is 0 Å². The fourth-order valence-corrected chi connectivity index (χ4v) is 7.68. The van der Waals surface area contributed by atoms with Crippen LogP contribution in [0.25, 0.3) is 32.1 Å². The third-order valence-electron chi connectivity index (χ3n) is 8.92. The van der Waals surface area contributed by atoms with Crippen molar-refractivity contribution in [2.75, 3.05) is 43.5 Å². The lowest BCUT2D eigenvalue weighted by Crippen LogP contribution is -2.44. The van der Waals surface area contributed by atoms with Gasteiger partial charge in [0, 0.05) is 47.1 Å². The number of anilines is 3. The number of fused-ring (bicyclic) bond motifs is 2. The standard InChI is InChI=1S/C33H33ClF4N8O2S/c1-14(18-8-16(36)11-42-29(18)40)43-31-23-26(44-32(45-31)48-13-33(2)12-46(3)7-6-15(33)9-35)25(38)22(24(34)27(23)47)17-4-5-20(37)28-21(17)19(10-39)30(41)49-28/h4-5,8-9,11,14,47H,6-7,10,12-13,39,41H2,1-3H3,(H2,40,42)(H,43,44,45)/b15-9+/t14-,33+/m1/s1. The van der Waals surface area contributed by atoms with Gasteiger partial charge in [-0.2, -0.15) is 9.97 Å². The molecule has 10 nitrogen and oxygen atoms in total. The average Bonchev–Trinajstić information content (AvgIpc) is 3.41. The number of likely N-dealkylation sites (tertiary alicyclic amines) is 1. The first kappa shape index (κ1) is 34.4. The van der Waals surface area contributed by atoms with Gasteiger partial charge in [-0.05, 0) is 43.7 Å². The number of nitrogens with two attached hydrogens (primary N) is 3. The number of rotatable bonds is 8. The van der Waals surface area contributed by atoms with Crippen molar-refractivity contribution in [3.05, 3.63) is 69.9 Å². The number of nitrogen functional groups attached to an aromatic ring is 2. The molecule has 1 fully saturated rings. The van der Waals surface area contributed by atoms with E-state index in [-0.39, 0.29) is 68.0 Å². The molecule has 4 heterocycles. The van der Waals surface area contributed by atoms with Crippen LogP contribution in [-0.4, -0.2) is 51.7 Å². The van der Waals surface area contributed by atoms with Gasteiger partial charge in [0.2, 0.25) is 0 Å². The van der Waals surface area contributed by atoms with Gasteiger partial charge in [-0.25, -0.2) is 22.5 Å². The summed E-state index contributed by atoms with van der Waals surface area (Å²) in [5, 5.41) is 14.5. The van der Waals surface area contributed by atoms with Crippen LogP contribution in [0.2, 0.25) is 5.02 Å². The molecule has 6 rings (SSSR count). The molecule has 0 amide bonds. The number of hydrogen-bond donors (Lipinski definition) is 5. The Hall–Kier alpha value is -4.44. The van der Waals surface area contributed by atoms with E-state index < -0.39 is 45.2 Å². The molecular formula is C33H33ClF4N8O2S. The smallest absolute Gasteiger partial charge is 0.319 e. The highest BCUT2D eigenvalue weighted by molar-refractivity contribution is 7.23. The minimum absolute atomic E-state index is 0.0258. The second-order valence-electron chi connectivity index (χ2n) is 12.3. The van der Waals surface area contributed by atoms with Gasteiger partial charge >= 0.3 is 6.01 Å². The molecule has 0 unspecified atom stereocenters.